The number of anilines is 1. The maximum Gasteiger partial charge on any atom is 0.332 e. The number of nitrogens with two attached hydrogens (primary N) is 1. The summed E-state index contributed by atoms with van der Waals surface area (Å²) in [6.07, 6.45) is 7.11. The van der Waals surface area contributed by atoms with E-state index in [1.165, 1.54) is 33.4 Å². The Labute approximate surface area is 193 Å². The number of Topliss-reactive ketones (excluding diaryl/α,β-unsaturated/α-hetero) is 1. The van der Waals surface area contributed by atoms with Gasteiger partial charge in [0.05, 0.1) is 11.5 Å². The molecular formula is C24H35N5O4. The van der Waals surface area contributed by atoms with Crippen LogP contribution in [0, 0.1) is 23.2 Å². The summed E-state index contributed by atoms with van der Waals surface area (Å²) in [5.74, 6) is 2.04. The zero-order chi connectivity index (χ0) is 23.7. The van der Waals surface area contributed by atoms with Crippen LogP contribution >= 0.6 is 0 Å². The van der Waals surface area contributed by atoms with Crippen molar-refractivity contribution in [3.8, 4) is 0 Å². The van der Waals surface area contributed by atoms with Gasteiger partial charge in [0.1, 0.15) is 11.4 Å². The second-order valence-corrected chi connectivity index (χ2v) is 11.0. The van der Waals surface area contributed by atoms with Crippen LogP contribution in [-0.4, -0.2) is 62.8 Å². The van der Waals surface area contributed by atoms with Gasteiger partial charge in [0, 0.05) is 40.3 Å². The van der Waals surface area contributed by atoms with Gasteiger partial charge in [0.25, 0.3) is 5.56 Å². The van der Waals surface area contributed by atoms with Gasteiger partial charge in [0.2, 0.25) is 5.91 Å². The summed E-state index contributed by atoms with van der Waals surface area (Å²) >= 11 is 0. The number of carbonyl (C=O) groups is 2. The molecule has 1 amide bonds. The van der Waals surface area contributed by atoms with Crippen LogP contribution in [0.25, 0.3) is 0 Å². The van der Waals surface area contributed by atoms with Crippen molar-refractivity contribution < 1.29 is 9.59 Å². The summed E-state index contributed by atoms with van der Waals surface area (Å²) in [4.78, 5) is 55.6. The topological polar surface area (TPSA) is 111 Å². The van der Waals surface area contributed by atoms with Crippen molar-refractivity contribution in [2.75, 3.05) is 31.9 Å². The molecule has 1 aromatic heterocycles. The molecule has 9 heteroatoms. The zero-order valence-electron chi connectivity index (χ0n) is 19.9. The fourth-order valence-electron chi connectivity index (χ4n) is 7.49. The lowest BCUT2D eigenvalue weighted by molar-refractivity contribution is -0.159. The Hall–Kier alpha value is -2.42. The average molecular weight is 458 g/mol. The molecule has 1 saturated heterocycles. The Balaban J connectivity index is 1.27. The molecular weight excluding hydrogens is 422 g/mol. The van der Waals surface area contributed by atoms with Crippen LogP contribution in [0.3, 0.4) is 0 Å². The number of nitrogen functional groups attached to an aromatic ring is 1. The van der Waals surface area contributed by atoms with E-state index in [9.17, 15) is 19.2 Å². The van der Waals surface area contributed by atoms with Crippen molar-refractivity contribution in [2.24, 2.45) is 37.3 Å². The lowest BCUT2D eigenvalue weighted by Gasteiger charge is -2.57. The minimum Gasteiger partial charge on any atom is -0.384 e. The Bertz CT molecular complexity index is 1080. The summed E-state index contributed by atoms with van der Waals surface area (Å²) in [5.41, 5.74) is 4.48. The van der Waals surface area contributed by atoms with Crippen molar-refractivity contribution in [3.63, 3.8) is 0 Å². The highest BCUT2D eigenvalue weighted by molar-refractivity contribution is 6.03. The first kappa shape index (κ1) is 22.4. The van der Waals surface area contributed by atoms with Gasteiger partial charge in [-0.25, -0.2) is 4.79 Å². The first-order valence-electron chi connectivity index (χ1n) is 12.2. The maximum atomic E-state index is 13.6. The van der Waals surface area contributed by atoms with Gasteiger partial charge in [-0.2, -0.15) is 0 Å². The molecule has 1 unspecified atom stereocenters. The van der Waals surface area contributed by atoms with Crippen molar-refractivity contribution in [1.82, 2.24) is 18.9 Å². The summed E-state index contributed by atoms with van der Waals surface area (Å²) < 4.78 is 2.04. The van der Waals surface area contributed by atoms with E-state index >= 15 is 0 Å². The third-order valence-electron chi connectivity index (χ3n) is 8.98. The standard InChI is InChI=1S/C24H35N5O4/c1-14(19(30)18-20(25)26(2)23(33)27(3)21(18)31)28-4-6-29(7-5-28)22(32)24-11-15-8-16(12-24)10-17(9-15)13-24/h14-17H,4-13,25H2,1-3H3. The summed E-state index contributed by atoms with van der Waals surface area (Å²) in [7, 11) is 2.80. The first-order chi connectivity index (χ1) is 15.6. The number of amides is 1. The fraction of sp³-hybridized carbons (Fsp3) is 0.750. The molecule has 9 nitrogen and oxygen atoms in total. The Morgan fingerprint density at radius 1 is 0.909 bits per heavy atom. The number of carbonyl (C=O) groups excluding carboxylic acids is 2. The minimum absolute atomic E-state index is 0.101. The van der Waals surface area contributed by atoms with Crippen LogP contribution in [0.15, 0.2) is 9.59 Å². The van der Waals surface area contributed by atoms with Crippen LogP contribution < -0.4 is 17.0 Å². The Morgan fingerprint density at radius 3 is 1.94 bits per heavy atom. The summed E-state index contributed by atoms with van der Waals surface area (Å²) in [6, 6.07) is -0.561. The van der Waals surface area contributed by atoms with Gasteiger partial charge in [-0.15, -0.1) is 0 Å². The lowest BCUT2D eigenvalue weighted by Crippen LogP contribution is -2.59. The Kier molecular flexibility index (Phi) is 5.30. The molecule has 2 N–H and O–H groups in total. The fourth-order valence-corrected chi connectivity index (χ4v) is 7.49. The molecule has 5 fully saturated rings. The van der Waals surface area contributed by atoms with Gasteiger partial charge in [-0.3, -0.25) is 28.4 Å². The number of aromatic nitrogens is 2. The maximum absolute atomic E-state index is 13.6. The smallest absolute Gasteiger partial charge is 0.332 e. The van der Waals surface area contributed by atoms with Crippen LogP contribution in [0.4, 0.5) is 5.82 Å². The first-order valence-corrected chi connectivity index (χ1v) is 12.2. The minimum atomic E-state index is -0.664. The van der Waals surface area contributed by atoms with Crippen LogP contribution in [0.5, 0.6) is 0 Å². The van der Waals surface area contributed by atoms with E-state index in [1.807, 2.05) is 9.80 Å². The van der Waals surface area contributed by atoms with E-state index < -0.39 is 17.3 Å². The Morgan fingerprint density at radius 2 is 1.42 bits per heavy atom. The van der Waals surface area contributed by atoms with Gasteiger partial charge in [0.15, 0.2) is 5.78 Å². The molecule has 6 rings (SSSR count). The highest BCUT2D eigenvalue weighted by atomic mass is 16.2. The molecule has 4 bridgehead atoms. The van der Waals surface area contributed by atoms with Gasteiger partial charge in [-0.05, 0) is 63.2 Å². The van der Waals surface area contributed by atoms with Crippen molar-refractivity contribution in [1.29, 1.82) is 0 Å². The second-order valence-electron chi connectivity index (χ2n) is 11.0. The van der Waals surface area contributed by atoms with E-state index in [0.717, 1.165) is 46.2 Å². The monoisotopic (exact) mass is 457 g/mol. The SMILES string of the molecule is CC(C(=O)c1c(N)n(C)c(=O)n(C)c1=O)N1CCN(C(=O)C23CC4CC(CC(C4)C2)C3)CC1. The second kappa shape index (κ2) is 7.82. The molecule has 180 valence electrons. The number of hydrogen-bond donors (Lipinski definition) is 1. The molecule has 1 aromatic rings. The number of rotatable bonds is 4. The highest BCUT2D eigenvalue weighted by Gasteiger charge is 2.55. The van der Waals surface area contributed by atoms with Crippen LogP contribution in [0.2, 0.25) is 0 Å². The van der Waals surface area contributed by atoms with Crippen LogP contribution in [0.1, 0.15) is 55.8 Å². The number of nitrogens with zero attached hydrogens (tertiary/aromatic N) is 4. The third kappa shape index (κ3) is 3.47. The van der Waals surface area contributed by atoms with E-state index in [4.69, 9.17) is 5.73 Å². The molecule has 0 aromatic carbocycles. The summed E-state index contributed by atoms with van der Waals surface area (Å²) in [5, 5.41) is 0. The molecule has 33 heavy (non-hydrogen) atoms. The van der Waals surface area contributed by atoms with Gasteiger partial charge in [-0.1, -0.05) is 0 Å². The zero-order valence-corrected chi connectivity index (χ0v) is 19.9. The molecule has 1 atom stereocenters. The number of ketones is 1. The number of hydrogen-bond acceptors (Lipinski definition) is 6. The molecule has 2 heterocycles. The predicted molar refractivity (Wildman–Crippen MR) is 124 cm³/mol. The largest absolute Gasteiger partial charge is 0.384 e. The van der Waals surface area contributed by atoms with E-state index in [2.05, 4.69) is 0 Å². The predicted octanol–water partition coefficient (Wildman–Crippen LogP) is 0.598. The van der Waals surface area contributed by atoms with Crippen molar-refractivity contribution in [3.05, 3.63) is 26.4 Å². The molecule has 4 aliphatic carbocycles. The summed E-state index contributed by atoms with van der Waals surface area (Å²) in [6.45, 7) is 4.12. The van der Waals surface area contributed by atoms with Crippen molar-refractivity contribution in [2.45, 2.75) is 51.5 Å². The normalized spacial score (nSPS) is 32.2. The molecule has 0 radical (unpaired) electrons. The van der Waals surface area contributed by atoms with Gasteiger partial charge < -0.3 is 10.6 Å². The molecule has 1 aliphatic heterocycles. The molecule has 5 aliphatic rings. The highest BCUT2D eigenvalue weighted by Crippen LogP contribution is 2.60. The van der Waals surface area contributed by atoms with Crippen LogP contribution in [-0.2, 0) is 18.9 Å². The molecule has 0 spiro atoms. The van der Waals surface area contributed by atoms with E-state index in [-0.39, 0.29) is 22.6 Å². The van der Waals surface area contributed by atoms with Crippen molar-refractivity contribution >= 4 is 17.5 Å². The lowest BCUT2D eigenvalue weighted by atomic mass is 9.49. The average Bonchev–Trinajstić information content (AvgIpc) is 2.80. The van der Waals surface area contributed by atoms with Gasteiger partial charge >= 0.3 is 5.69 Å². The van der Waals surface area contributed by atoms with E-state index in [0.29, 0.717) is 32.1 Å². The van der Waals surface area contributed by atoms with E-state index in [1.54, 1.807) is 6.92 Å². The quantitative estimate of drug-likeness (QED) is 0.663. The molecule has 4 saturated carbocycles. The third-order valence-corrected chi connectivity index (χ3v) is 8.98. The number of piperazine rings is 1.